The van der Waals surface area contributed by atoms with Crippen molar-refractivity contribution >= 4 is 16.8 Å². The van der Waals surface area contributed by atoms with Crippen molar-refractivity contribution < 1.29 is 0 Å². The lowest BCUT2D eigenvalue weighted by Gasteiger charge is -2.42. The molecule has 0 bridgehead atoms. The van der Waals surface area contributed by atoms with Crippen LogP contribution in [0.15, 0.2) is 121 Å². The molecule has 6 aromatic carbocycles. The van der Waals surface area contributed by atoms with Crippen LogP contribution in [-0.2, 0) is 18.3 Å². The first-order valence-corrected chi connectivity index (χ1v) is 14.9. The molecule has 41 heavy (non-hydrogen) atoms. The molecule has 1 spiro atoms. The van der Waals surface area contributed by atoms with E-state index in [2.05, 4.69) is 134 Å². The number of rotatable bonds is 1. The van der Waals surface area contributed by atoms with Crippen molar-refractivity contribution in [3.63, 3.8) is 0 Å². The smallest absolute Gasteiger partial charge is 0.0719 e. The van der Waals surface area contributed by atoms with Crippen LogP contribution in [0.3, 0.4) is 0 Å². The van der Waals surface area contributed by atoms with E-state index in [1.165, 1.54) is 83.1 Å². The fraction of sp³-hybridized carbons (Fsp3) is 0.122. The summed E-state index contributed by atoms with van der Waals surface area (Å²) in [6.07, 6.45) is 8.00. The van der Waals surface area contributed by atoms with Gasteiger partial charge in [-0.1, -0.05) is 127 Å². The average molecular weight is 523 g/mol. The Bertz CT molecular complexity index is 2070. The van der Waals surface area contributed by atoms with Crippen LogP contribution in [0.5, 0.6) is 0 Å². The van der Waals surface area contributed by atoms with E-state index in [1.807, 2.05) is 0 Å². The fourth-order valence-electron chi connectivity index (χ4n) is 8.11. The normalized spacial score (nSPS) is 17.6. The summed E-state index contributed by atoms with van der Waals surface area (Å²) in [6, 6.07) is 44.0. The van der Waals surface area contributed by atoms with Gasteiger partial charge in [-0.2, -0.15) is 0 Å². The highest BCUT2D eigenvalue weighted by Gasteiger charge is 2.50. The largest absolute Gasteiger partial charge is 0.0836 e. The van der Waals surface area contributed by atoms with Crippen molar-refractivity contribution in [2.75, 3.05) is 0 Å². The van der Waals surface area contributed by atoms with E-state index in [-0.39, 0.29) is 5.41 Å². The Morgan fingerprint density at radius 3 is 2.27 bits per heavy atom. The molecule has 6 aromatic rings. The second-order valence-corrected chi connectivity index (χ2v) is 12.0. The second-order valence-electron chi connectivity index (χ2n) is 12.0. The molecule has 3 aliphatic rings. The Morgan fingerprint density at radius 2 is 1.34 bits per heavy atom. The molecule has 1 atom stereocenters. The third kappa shape index (κ3) is 3.05. The summed E-state index contributed by atoms with van der Waals surface area (Å²) >= 11 is 0. The Kier molecular flexibility index (Phi) is 4.73. The van der Waals surface area contributed by atoms with E-state index in [0.717, 1.165) is 19.3 Å². The molecule has 0 nitrogen and oxygen atoms in total. The molecule has 9 rings (SSSR count). The SMILES string of the molecule is Cc1ccc(-c2ccc3c(c2)C2(c4ccccc4-3)c3ccc4c(c3Cc3c2ccc2ccccc32)C=CCC4)cc1. The van der Waals surface area contributed by atoms with Gasteiger partial charge in [-0.15, -0.1) is 0 Å². The van der Waals surface area contributed by atoms with E-state index in [4.69, 9.17) is 0 Å². The van der Waals surface area contributed by atoms with Crippen molar-refractivity contribution in [3.8, 4) is 22.3 Å². The van der Waals surface area contributed by atoms with Crippen LogP contribution in [0.4, 0.5) is 0 Å². The van der Waals surface area contributed by atoms with Gasteiger partial charge in [0.15, 0.2) is 0 Å². The van der Waals surface area contributed by atoms with Crippen molar-refractivity contribution in [3.05, 3.63) is 171 Å². The zero-order chi connectivity index (χ0) is 27.1. The molecule has 0 heterocycles. The highest BCUT2D eigenvalue weighted by atomic mass is 14.5. The van der Waals surface area contributed by atoms with Crippen molar-refractivity contribution in [2.24, 2.45) is 0 Å². The molecule has 0 N–H and O–H groups in total. The summed E-state index contributed by atoms with van der Waals surface area (Å²) in [6.45, 7) is 2.16. The lowest BCUT2D eigenvalue weighted by molar-refractivity contribution is 0.722. The Labute approximate surface area is 241 Å². The molecule has 0 heteroatoms. The summed E-state index contributed by atoms with van der Waals surface area (Å²) in [7, 11) is 0. The molecule has 0 amide bonds. The van der Waals surface area contributed by atoms with Crippen LogP contribution in [0.1, 0.15) is 56.5 Å². The maximum absolute atomic E-state index is 2.50. The van der Waals surface area contributed by atoms with Crippen molar-refractivity contribution in [2.45, 2.75) is 31.6 Å². The van der Waals surface area contributed by atoms with E-state index >= 15 is 0 Å². The zero-order valence-electron chi connectivity index (χ0n) is 23.2. The fourth-order valence-corrected chi connectivity index (χ4v) is 8.11. The summed E-state index contributed by atoms with van der Waals surface area (Å²) in [5.74, 6) is 0. The highest BCUT2D eigenvalue weighted by molar-refractivity contribution is 5.95. The second kappa shape index (κ2) is 8.41. The van der Waals surface area contributed by atoms with E-state index in [0.29, 0.717) is 0 Å². The molecule has 0 aromatic heterocycles. The Morgan fingerprint density at radius 1 is 0.585 bits per heavy atom. The van der Waals surface area contributed by atoms with Gasteiger partial charge >= 0.3 is 0 Å². The van der Waals surface area contributed by atoms with Crippen molar-refractivity contribution in [1.29, 1.82) is 0 Å². The first kappa shape index (κ1) is 23.1. The maximum atomic E-state index is 2.50. The maximum Gasteiger partial charge on any atom is 0.0719 e. The molecule has 1 unspecified atom stereocenters. The van der Waals surface area contributed by atoms with Gasteiger partial charge in [0, 0.05) is 0 Å². The van der Waals surface area contributed by atoms with Crippen LogP contribution < -0.4 is 0 Å². The molecule has 0 aliphatic heterocycles. The third-order valence-corrected chi connectivity index (χ3v) is 9.94. The molecule has 0 saturated carbocycles. The monoisotopic (exact) mass is 522 g/mol. The zero-order valence-corrected chi connectivity index (χ0v) is 23.2. The van der Waals surface area contributed by atoms with Gasteiger partial charge in [-0.05, 0) is 110 Å². The third-order valence-electron chi connectivity index (χ3n) is 9.94. The molecule has 0 saturated heterocycles. The lowest BCUT2D eigenvalue weighted by Crippen LogP contribution is -2.35. The molecule has 0 radical (unpaired) electrons. The van der Waals surface area contributed by atoms with Gasteiger partial charge in [-0.25, -0.2) is 0 Å². The number of aryl methyl sites for hydroxylation is 2. The van der Waals surface area contributed by atoms with E-state index in [1.54, 1.807) is 0 Å². The molecular formula is C41H30. The predicted molar refractivity (Wildman–Crippen MR) is 172 cm³/mol. The van der Waals surface area contributed by atoms with Crippen molar-refractivity contribution in [1.82, 2.24) is 0 Å². The van der Waals surface area contributed by atoms with Gasteiger partial charge in [0.1, 0.15) is 0 Å². The minimum absolute atomic E-state index is 0.361. The van der Waals surface area contributed by atoms with Gasteiger partial charge in [0.05, 0.1) is 5.41 Å². The summed E-state index contributed by atoms with van der Waals surface area (Å²) < 4.78 is 0. The molecular weight excluding hydrogens is 492 g/mol. The minimum Gasteiger partial charge on any atom is -0.0836 e. The van der Waals surface area contributed by atoms with Crippen LogP contribution in [0.2, 0.25) is 0 Å². The Hall–Kier alpha value is -4.68. The van der Waals surface area contributed by atoms with Gasteiger partial charge in [0.2, 0.25) is 0 Å². The van der Waals surface area contributed by atoms with Crippen LogP contribution in [0.25, 0.3) is 39.1 Å². The first-order chi connectivity index (χ1) is 20.2. The Balaban J connectivity index is 1.45. The number of allylic oxidation sites excluding steroid dienone is 1. The summed E-state index contributed by atoms with van der Waals surface area (Å²) in [5.41, 5.74) is 17.8. The number of benzene rings is 6. The van der Waals surface area contributed by atoms with Crippen LogP contribution in [-0.4, -0.2) is 0 Å². The van der Waals surface area contributed by atoms with Gasteiger partial charge < -0.3 is 0 Å². The number of hydrogen-bond donors (Lipinski definition) is 0. The summed E-state index contributed by atoms with van der Waals surface area (Å²) in [4.78, 5) is 0. The topological polar surface area (TPSA) is 0 Å². The first-order valence-electron chi connectivity index (χ1n) is 14.9. The summed E-state index contributed by atoms with van der Waals surface area (Å²) in [5, 5.41) is 2.71. The number of fused-ring (bicyclic) bond motifs is 13. The molecule has 0 fully saturated rings. The standard InChI is InChI=1S/C41H30/c1-26-14-16-27(17-15-26)30-18-21-34-33-12-6-7-13-37(33)41(40(34)24-30)38-22-19-28-8-2-4-10-31(28)35(38)25-36-32-11-5-3-9-29(32)20-23-39(36)41/h2,4-8,10-24H,3,9,25H2,1H3. The quantitative estimate of drug-likeness (QED) is 0.201. The molecule has 194 valence electrons. The van der Waals surface area contributed by atoms with E-state index < -0.39 is 0 Å². The predicted octanol–water partition coefficient (Wildman–Crippen LogP) is 10.0. The minimum atomic E-state index is -0.361. The lowest BCUT2D eigenvalue weighted by atomic mass is 9.60. The molecule has 3 aliphatic carbocycles. The van der Waals surface area contributed by atoms with Crippen LogP contribution >= 0.6 is 0 Å². The average Bonchev–Trinajstić information content (AvgIpc) is 3.31. The van der Waals surface area contributed by atoms with E-state index in [9.17, 15) is 0 Å². The van der Waals surface area contributed by atoms with Crippen LogP contribution in [0, 0.1) is 6.92 Å². The number of hydrogen-bond acceptors (Lipinski definition) is 0. The van der Waals surface area contributed by atoms with Gasteiger partial charge in [-0.3, -0.25) is 0 Å². The highest BCUT2D eigenvalue weighted by Crippen LogP contribution is 2.61. The van der Waals surface area contributed by atoms with Gasteiger partial charge in [0.25, 0.3) is 0 Å².